The van der Waals surface area contributed by atoms with Crippen molar-refractivity contribution in [3.05, 3.63) is 148 Å². The molecule has 1 aliphatic carbocycles. The molecular formula is C49H62Cl2Zr. The van der Waals surface area contributed by atoms with Gasteiger partial charge in [0.05, 0.1) is 0 Å². The summed E-state index contributed by atoms with van der Waals surface area (Å²) in [6.45, 7) is 22.8. The molecule has 5 aromatic carbocycles. The average molecular weight is 813 g/mol. The van der Waals surface area contributed by atoms with Crippen LogP contribution >= 0.6 is 24.8 Å². The second-order valence-corrected chi connectivity index (χ2v) is 17.4. The summed E-state index contributed by atoms with van der Waals surface area (Å²) in [6, 6.07) is 30.3. The first-order valence-corrected chi connectivity index (χ1v) is 20.1. The Hall–Kier alpha value is -2.44. The van der Waals surface area contributed by atoms with E-state index < -0.39 is 0 Å². The molecule has 0 saturated heterocycles. The van der Waals surface area contributed by atoms with Crippen LogP contribution in [-0.4, -0.2) is 3.21 Å². The third-order valence-electron chi connectivity index (χ3n) is 9.72. The Labute approximate surface area is 344 Å². The summed E-state index contributed by atoms with van der Waals surface area (Å²) < 4.78 is 1.45. The fraction of sp³-hybridized carbons (Fsp3) is 0.388. The van der Waals surface area contributed by atoms with Gasteiger partial charge in [-0.3, -0.25) is 6.08 Å². The summed E-state index contributed by atoms with van der Waals surface area (Å²) in [5.74, 6) is 0. The zero-order valence-corrected chi connectivity index (χ0v) is 37.6. The van der Waals surface area contributed by atoms with Crippen molar-refractivity contribution >= 4 is 49.6 Å². The van der Waals surface area contributed by atoms with Crippen LogP contribution in [-0.2, 0) is 47.9 Å². The number of hydrogen-bond acceptors (Lipinski definition) is 0. The molecule has 0 bridgehead atoms. The molecule has 52 heavy (non-hydrogen) atoms. The first-order chi connectivity index (χ1) is 23.7. The van der Waals surface area contributed by atoms with Crippen LogP contribution in [0.3, 0.4) is 0 Å². The predicted octanol–water partition coefficient (Wildman–Crippen LogP) is 14.6. The van der Waals surface area contributed by atoms with Gasteiger partial charge in [0.2, 0.25) is 0 Å². The molecule has 0 saturated carbocycles. The maximum Gasteiger partial charge on any atom is -0.0142 e. The molecule has 0 heterocycles. The summed E-state index contributed by atoms with van der Waals surface area (Å²) in [6.07, 6.45) is 17.5. The number of rotatable bonds is 8. The minimum absolute atomic E-state index is 0. The van der Waals surface area contributed by atoms with Gasteiger partial charge in [-0.1, -0.05) is 75.9 Å². The molecule has 0 atom stereocenters. The Morgan fingerprint density at radius 1 is 0.654 bits per heavy atom. The van der Waals surface area contributed by atoms with Gasteiger partial charge in [0, 0.05) is 0 Å². The quantitative estimate of drug-likeness (QED) is 0.137. The van der Waals surface area contributed by atoms with Crippen molar-refractivity contribution in [1.82, 2.24) is 0 Å². The first-order valence-electron chi connectivity index (χ1n) is 18.9. The predicted molar refractivity (Wildman–Crippen MR) is 233 cm³/mol. The van der Waals surface area contributed by atoms with E-state index in [-0.39, 0.29) is 35.6 Å². The number of halogens is 2. The number of benzene rings is 4. The van der Waals surface area contributed by atoms with Crippen LogP contribution in [0.5, 0.6) is 0 Å². The fourth-order valence-electron chi connectivity index (χ4n) is 6.89. The van der Waals surface area contributed by atoms with Gasteiger partial charge in [-0.15, -0.1) is 71.0 Å². The third kappa shape index (κ3) is 12.6. The Bertz CT molecular complexity index is 1780. The van der Waals surface area contributed by atoms with Crippen molar-refractivity contribution in [3.63, 3.8) is 0 Å². The Morgan fingerprint density at radius 3 is 1.35 bits per heavy atom. The molecule has 0 nitrogen and oxygen atoms in total. The Kier molecular flexibility index (Phi) is 18.3. The van der Waals surface area contributed by atoms with E-state index in [0.29, 0.717) is 0 Å². The molecule has 0 N–H and O–H groups in total. The van der Waals surface area contributed by atoms with Crippen molar-refractivity contribution in [2.45, 2.75) is 125 Å². The van der Waals surface area contributed by atoms with Gasteiger partial charge in [0.25, 0.3) is 0 Å². The van der Waals surface area contributed by atoms with Gasteiger partial charge in [-0.25, -0.2) is 12.2 Å². The summed E-state index contributed by atoms with van der Waals surface area (Å²) in [5.41, 5.74) is 11.7. The van der Waals surface area contributed by atoms with E-state index in [1.165, 1.54) is 132 Å². The molecule has 3 heteroatoms. The minimum Gasteiger partial charge on any atom is -0.273 e. The zero-order chi connectivity index (χ0) is 36.5. The molecule has 0 radical (unpaired) electrons. The zero-order valence-electron chi connectivity index (χ0n) is 33.5. The van der Waals surface area contributed by atoms with Crippen molar-refractivity contribution in [2.24, 2.45) is 0 Å². The molecule has 276 valence electrons. The van der Waals surface area contributed by atoms with Gasteiger partial charge in [-0.05, 0) is 24.7 Å². The molecule has 0 fully saturated rings. The number of aryl methyl sites for hydroxylation is 4. The maximum absolute atomic E-state index is 2.99. The van der Waals surface area contributed by atoms with Crippen molar-refractivity contribution < 1.29 is 24.2 Å². The van der Waals surface area contributed by atoms with Crippen LogP contribution in [0, 0.1) is 19.9 Å². The number of allylic oxidation sites excluding steroid dienone is 4. The summed E-state index contributed by atoms with van der Waals surface area (Å²) in [4.78, 5) is 0. The Balaban J connectivity index is 0.000000307. The fourth-order valence-corrected chi connectivity index (χ4v) is 7.71. The number of fused-ring (bicyclic) bond motifs is 3. The van der Waals surface area contributed by atoms with E-state index >= 15 is 0 Å². The molecule has 0 spiro atoms. The second-order valence-electron chi connectivity index (χ2n) is 16.1. The second kappa shape index (κ2) is 20.9. The van der Waals surface area contributed by atoms with Gasteiger partial charge in [0.15, 0.2) is 0 Å². The van der Waals surface area contributed by atoms with Crippen molar-refractivity contribution in [1.29, 1.82) is 0 Å². The van der Waals surface area contributed by atoms with E-state index in [1.54, 1.807) is 0 Å². The molecule has 5 aromatic rings. The van der Waals surface area contributed by atoms with E-state index in [1.807, 2.05) is 12.2 Å². The first kappa shape index (κ1) is 45.7. The van der Waals surface area contributed by atoms with Crippen molar-refractivity contribution in [2.75, 3.05) is 0 Å². The van der Waals surface area contributed by atoms with Gasteiger partial charge >= 0.3 is 151 Å². The van der Waals surface area contributed by atoms with Gasteiger partial charge in [0.1, 0.15) is 0 Å². The number of unbranched alkanes of at least 4 members (excludes halogenated alkanes) is 2. The largest absolute Gasteiger partial charge is 0.273 e. The van der Waals surface area contributed by atoms with Crippen molar-refractivity contribution in [3.8, 4) is 0 Å². The summed E-state index contributed by atoms with van der Waals surface area (Å²) in [7, 11) is 0. The van der Waals surface area contributed by atoms with Gasteiger partial charge in [-0.2, -0.15) is 6.08 Å². The topological polar surface area (TPSA) is 0 Å². The van der Waals surface area contributed by atoms with Crippen LogP contribution in [0.1, 0.15) is 132 Å². The minimum atomic E-state index is 0. The van der Waals surface area contributed by atoms with Crippen LogP contribution in [0.4, 0.5) is 0 Å². The molecule has 0 aromatic heterocycles. The van der Waals surface area contributed by atoms with E-state index in [2.05, 4.69) is 160 Å². The summed E-state index contributed by atoms with van der Waals surface area (Å²) >= 11 is 1.48. The molecule has 0 aliphatic heterocycles. The molecular weight excluding hydrogens is 751 g/mol. The number of hydrogen-bond donors (Lipinski definition) is 0. The Morgan fingerprint density at radius 2 is 1.06 bits per heavy atom. The molecule has 0 amide bonds. The normalized spacial score (nSPS) is 12.1. The van der Waals surface area contributed by atoms with Crippen LogP contribution in [0.15, 0.2) is 97.1 Å². The standard InChI is InChI=1S/C23H29.C21H26.C5H5.2ClH.Zr/c1-14-9-16-11-17-10-15(2)21(23(6,7)8)13-19(17)18(16)12-20(14)22(3,4)5;1-3-5-7-18-9-13-20(14-10-18)17-21-15-11-19(12-16-21)8-6-4-2;1-2-4-5-3-1;;;/h9-13H,1-8H3;9-16H,3-8H2,1-2H3;1-3H,4H2;2*1H;/q-1;;-1;;;+2. The van der Waals surface area contributed by atoms with Crippen LogP contribution < -0.4 is 0 Å². The maximum atomic E-state index is 2.99. The molecule has 0 unspecified atom stereocenters. The average Bonchev–Trinajstić information content (AvgIpc) is 3.77. The van der Waals surface area contributed by atoms with Gasteiger partial charge < -0.3 is 0 Å². The smallest absolute Gasteiger partial charge is 0.0142 e. The van der Waals surface area contributed by atoms with E-state index in [4.69, 9.17) is 0 Å². The van der Waals surface area contributed by atoms with E-state index in [9.17, 15) is 0 Å². The van der Waals surface area contributed by atoms with E-state index in [0.717, 1.165) is 6.42 Å². The monoisotopic (exact) mass is 810 g/mol. The summed E-state index contributed by atoms with van der Waals surface area (Å²) in [5, 5.41) is 5.55. The third-order valence-corrected chi connectivity index (χ3v) is 11.1. The van der Waals surface area contributed by atoms with Crippen LogP contribution in [0.2, 0.25) is 0 Å². The molecule has 1 aliphatic rings. The molecule has 6 rings (SSSR count). The SMILES string of the molecule is CCCCc1ccc([C](=[Zr+2])c2ccc(CCCC)cc2)cc1.Cc1cc2[cH-]c3cc(C)c(C(C)(C)C)cc3c2cc1C(C)(C)C.Cl.Cl.[C-]1=CC=CC1. The van der Waals surface area contributed by atoms with Crippen LogP contribution in [0.25, 0.3) is 21.5 Å².